The lowest BCUT2D eigenvalue weighted by Gasteiger charge is -2.36. The molecule has 0 amide bonds. The smallest absolute Gasteiger partial charge is 0.461 e. The highest BCUT2D eigenvalue weighted by Crippen LogP contribution is 2.43. The van der Waals surface area contributed by atoms with E-state index < -0.39 is 24.1 Å². The highest BCUT2D eigenvalue weighted by molar-refractivity contribution is 5.11. The van der Waals surface area contributed by atoms with Gasteiger partial charge in [0.15, 0.2) is 12.0 Å². The van der Waals surface area contributed by atoms with Crippen molar-refractivity contribution in [1.29, 1.82) is 0 Å². The highest BCUT2D eigenvalue weighted by Gasteiger charge is 2.62. The molecule has 0 aromatic carbocycles. The fourth-order valence-electron chi connectivity index (χ4n) is 2.54. The molecule has 1 unspecified atom stereocenters. The van der Waals surface area contributed by atoms with Gasteiger partial charge < -0.3 is 14.2 Å². The summed E-state index contributed by atoms with van der Waals surface area (Å²) in [5, 5.41) is 0. The van der Waals surface area contributed by atoms with Gasteiger partial charge in [-0.05, 0) is 18.9 Å². The zero-order valence-electron chi connectivity index (χ0n) is 12.2. The standard InChI is InChI=1S/C14H19F5O3/c1-2-3-9-6-21-12(22-7-9)10-4-5-11(20-8-10)13(15,16)14(17,18)19/h5,9-10,12H,2-4,6-8H2,1H3. The fraction of sp³-hybridized carbons (Fsp3) is 0.857. The Morgan fingerprint density at radius 1 is 1.09 bits per heavy atom. The Balaban J connectivity index is 1.89. The summed E-state index contributed by atoms with van der Waals surface area (Å²) in [4.78, 5) is 0. The molecule has 0 N–H and O–H groups in total. The van der Waals surface area contributed by atoms with Crippen LogP contribution >= 0.6 is 0 Å². The Morgan fingerprint density at radius 3 is 2.18 bits per heavy atom. The summed E-state index contributed by atoms with van der Waals surface area (Å²) >= 11 is 0. The van der Waals surface area contributed by atoms with Gasteiger partial charge in [0.2, 0.25) is 0 Å². The Hall–Kier alpha value is -0.890. The molecule has 1 atom stereocenters. The molecule has 0 aromatic heterocycles. The summed E-state index contributed by atoms with van der Waals surface area (Å²) < 4.78 is 78.8. The molecule has 2 heterocycles. The monoisotopic (exact) mass is 330 g/mol. The summed E-state index contributed by atoms with van der Waals surface area (Å²) in [6.45, 7) is 2.78. The Bertz CT molecular complexity index is 400. The molecule has 0 radical (unpaired) electrons. The van der Waals surface area contributed by atoms with E-state index in [0.29, 0.717) is 19.1 Å². The maximum absolute atomic E-state index is 13.1. The number of hydrogen-bond donors (Lipinski definition) is 0. The van der Waals surface area contributed by atoms with Crippen molar-refractivity contribution >= 4 is 0 Å². The van der Waals surface area contributed by atoms with Crippen LogP contribution < -0.4 is 0 Å². The molecule has 0 saturated carbocycles. The molecule has 1 fully saturated rings. The summed E-state index contributed by atoms with van der Waals surface area (Å²) in [5.41, 5.74) is 0. The van der Waals surface area contributed by atoms with E-state index in [1.54, 1.807) is 0 Å². The molecule has 128 valence electrons. The number of hydrogen-bond acceptors (Lipinski definition) is 3. The zero-order valence-corrected chi connectivity index (χ0v) is 12.2. The van der Waals surface area contributed by atoms with Gasteiger partial charge in [0.25, 0.3) is 0 Å². The first kappa shape index (κ1) is 17.5. The van der Waals surface area contributed by atoms with Gasteiger partial charge in [-0.25, -0.2) is 0 Å². The third-order valence-corrected chi connectivity index (χ3v) is 3.80. The number of halogens is 5. The lowest BCUT2D eigenvalue weighted by atomic mass is 9.99. The molecule has 1 saturated heterocycles. The van der Waals surface area contributed by atoms with Crippen molar-refractivity contribution in [3.05, 3.63) is 11.8 Å². The number of allylic oxidation sites excluding steroid dienone is 2. The van der Waals surface area contributed by atoms with Gasteiger partial charge in [0, 0.05) is 11.8 Å². The number of alkyl halides is 5. The molecule has 2 aliphatic heterocycles. The summed E-state index contributed by atoms with van der Waals surface area (Å²) in [7, 11) is 0. The average molecular weight is 330 g/mol. The summed E-state index contributed by atoms with van der Waals surface area (Å²) in [6, 6.07) is 0. The van der Waals surface area contributed by atoms with Crippen molar-refractivity contribution in [2.75, 3.05) is 19.8 Å². The predicted molar refractivity (Wildman–Crippen MR) is 67.2 cm³/mol. The first-order chi connectivity index (χ1) is 10.3. The Labute approximate surface area is 125 Å². The summed E-state index contributed by atoms with van der Waals surface area (Å²) in [6.07, 6.45) is -3.51. The largest absolute Gasteiger partial charge is 0.491 e. The lowest BCUT2D eigenvalue weighted by molar-refractivity contribution is -0.281. The van der Waals surface area contributed by atoms with E-state index in [2.05, 4.69) is 4.74 Å². The minimum atomic E-state index is -5.66. The molecule has 3 nitrogen and oxygen atoms in total. The van der Waals surface area contributed by atoms with Crippen LogP contribution in [0.15, 0.2) is 11.8 Å². The minimum absolute atomic E-state index is 0.00408. The van der Waals surface area contributed by atoms with Crippen LogP contribution in [0.25, 0.3) is 0 Å². The second-order valence-corrected chi connectivity index (χ2v) is 5.64. The van der Waals surface area contributed by atoms with Crippen molar-refractivity contribution in [2.45, 2.75) is 44.6 Å². The highest BCUT2D eigenvalue weighted by atomic mass is 19.4. The van der Waals surface area contributed by atoms with Crippen molar-refractivity contribution in [3.63, 3.8) is 0 Å². The van der Waals surface area contributed by atoms with Crippen LogP contribution in [-0.4, -0.2) is 38.2 Å². The quantitative estimate of drug-likeness (QED) is 0.732. The van der Waals surface area contributed by atoms with Gasteiger partial charge in [-0.2, -0.15) is 22.0 Å². The van der Waals surface area contributed by atoms with Crippen LogP contribution in [0.3, 0.4) is 0 Å². The maximum Gasteiger partial charge on any atom is 0.461 e. The second kappa shape index (κ2) is 6.70. The molecular weight excluding hydrogens is 311 g/mol. The molecule has 8 heteroatoms. The van der Waals surface area contributed by atoms with Crippen LogP contribution in [0.4, 0.5) is 22.0 Å². The van der Waals surface area contributed by atoms with Crippen molar-refractivity contribution in [3.8, 4) is 0 Å². The Kier molecular flexibility index (Phi) is 5.32. The van der Waals surface area contributed by atoms with E-state index in [1.807, 2.05) is 6.92 Å². The molecule has 0 bridgehead atoms. The van der Waals surface area contributed by atoms with E-state index in [1.165, 1.54) is 0 Å². The number of rotatable bonds is 4. The van der Waals surface area contributed by atoms with E-state index in [0.717, 1.165) is 18.9 Å². The first-order valence-electron chi connectivity index (χ1n) is 7.27. The topological polar surface area (TPSA) is 27.7 Å². The Morgan fingerprint density at radius 2 is 1.73 bits per heavy atom. The molecule has 0 aliphatic carbocycles. The predicted octanol–water partition coefficient (Wildman–Crippen LogP) is 3.89. The molecule has 0 aromatic rings. The SMILES string of the molecule is CCCC1COC(C2CC=C(C(F)(F)C(F)(F)F)OC2)OC1. The molecule has 22 heavy (non-hydrogen) atoms. The van der Waals surface area contributed by atoms with Gasteiger partial charge in [0.05, 0.1) is 19.8 Å². The van der Waals surface area contributed by atoms with Crippen LogP contribution in [0.5, 0.6) is 0 Å². The van der Waals surface area contributed by atoms with E-state index in [9.17, 15) is 22.0 Å². The molecular formula is C14H19F5O3. The van der Waals surface area contributed by atoms with Crippen LogP contribution in [0.2, 0.25) is 0 Å². The maximum atomic E-state index is 13.1. The lowest BCUT2D eigenvalue weighted by Crippen LogP contribution is -2.43. The van der Waals surface area contributed by atoms with E-state index in [4.69, 9.17) is 9.47 Å². The van der Waals surface area contributed by atoms with Crippen LogP contribution in [0.1, 0.15) is 26.2 Å². The van der Waals surface area contributed by atoms with Gasteiger partial charge >= 0.3 is 12.1 Å². The van der Waals surface area contributed by atoms with Crippen molar-refractivity contribution < 1.29 is 36.2 Å². The van der Waals surface area contributed by atoms with Crippen molar-refractivity contribution in [1.82, 2.24) is 0 Å². The van der Waals surface area contributed by atoms with Crippen LogP contribution in [-0.2, 0) is 14.2 Å². The van der Waals surface area contributed by atoms with Gasteiger partial charge in [0.1, 0.15) is 0 Å². The van der Waals surface area contributed by atoms with Gasteiger partial charge in [-0.15, -0.1) is 0 Å². The molecule has 2 aliphatic rings. The molecule has 0 spiro atoms. The van der Waals surface area contributed by atoms with Crippen LogP contribution in [0, 0.1) is 11.8 Å². The number of ether oxygens (including phenoxy) is 3. The first-order valence-corrected chi connectivity index (χ1v) is 7.27. The molecule has 2 rings (SSSR count). The van der Waals surface area contributed by atoms with Gasteiger partial charge in [-0.3, -0.25) is 0 Å². The normalized spacial score (nSPS) is 30.6. The van der Waals surface area contributed by atoms with Gasteiger partial charge in [-0.1, -0.05) is 13.3 Å². The third-order valence-electron chi connectivity index (χ3n) is 3.80. The zero-order chi connectivity index (χ0) is 16.4. The second-order valence-electron chi connectivity index (χ2n) is 5.64. The average Bonchev–Trinajstić information content (AvgIpc) is 2.47. The van der Waals surface area contributed by atoms with E-state index in [-0.39, 0.29) is 18.9 Å². The summed E-state index contributed by atoms with van der Waals surface area (Å²) in [5.74, 6) is -6.38. The minimum Gasteiger partial charge on any atom is -0.491 e. The van der Waals surface area contributed by atoms with E-state index >= 15 is 0 Å². The fourth-order valence-corrected chi connectivity index (χ4v) is 2.54. The third kappa shape index (κ3) is 3.71. The van der Waals surface area contributed by atoms with Crippen molar-refractivity contribution in [2.24, 2.45) is 11.8 Å².